The fourth-order valence-corrected chi connectivity index (χ4v) is 2.21. The molecule has 1 unspecified atom stereocenters. The number of rotatable bonds is 3. The van der Waals surface area contributed by atoms with E-state index in [9.17, 15) is 4.79 Å². The van der Waals surface area contributed by atoms with Gasteiger partial charge in [0.1, 0.15) is 0 Å². The molecule has 0 radical (unpaired) electrons. The van der Waals surface area contributed by atoms with E-state index in [4.69, 9.17) is 5.11 Å². The predicted octanol–water partition coefficient (Wildman–Crippen LogP) is 2.37. The van der Waals surface area contributed by atoms with Crippen LogP contribution >= 0.6 is 0 Å². The maximum absolute atomic E-state index is 10.7. The third-order valence-corrected chi connectivity index (χ3v) is 3.28. The van der Waals surface area contributed by atoms with Crippen molar-refractivity contribution in [2.45, 2.75) is 32.4 Å². The van der Waals surface area contributed by atoms with Crippen LogP contribution in [0.4, 0.5) is 0 Å². The zero-order chi connectivity index (χ0) is 11.5. The summed E-state index contributed by atoms with van der Waals surface area (Å²) in [5, 5.41) is 8.79. The molecular weight excluding hydrogens is 202 g/mol. The molecule has 1 saturated heterocycles. The lowest BCUT2D eigenvalue weighted by molar-refractivity contribution is 0.0697. The van der Waals surface area contributed by atoms with Crippen LogP contribution in [0.5, 0.6) is 0 Å². The molecule has 3 heteroatoms. The Morgan fingerprint density at radius 1 is 1.44 bits per heavy atom. The van der Waals surface area contributed by atoms with E-state index in [0.29, 0.717) is 11.6 Å². The quantitative estimate of drug-likeness (QED) is 0.848. The van der Waals surface area contributed by atoms with Gasteiger partial charge in [0.05, 0.1) is 5.56 Å². The molecule has 0 saturated carbocycles. The summed E-state index contributed by atoms with van der Waals surface area (Å²) in [6, 6.07) is 7.83. The van der Waals surface area contributed by atoms with Gasteiger partial charge in [0.2, 0.25) is 0 Å². The topological polar surface area (TPSA) is 40.5 Å². The number of benzene rings is 1. The van der Waals surface area contributed by atoms with Crippen molar-refractivity contribution in [3.63, 3.8) is 0 Å². The van der Waals surface area contributed by atoms with Crippen LogP contribution in [-0.2, 0) is 6.54 Å². The monoisotopic (exact) mass is 219 g/mol. The van der Waals surface area contributed by atoms with Gasteiger partial charge < -0.3 is 5.11 Å². The Kier molecular flexibility index (Phi) is 3.25. The van der Waals surface area contributed by atoms with Gasteiger partial charge in [0.25, 0.3) is 0 Å². The van der Waals surface area contributed by atoms with Crippen molar-refractivity contribution in [3.8, 4) is 0 Å². The number of nitrogens with zero attached hydrogens (tertiary/aromatic N) is 1. The summed E-state index contributed by atoms with van der Waals surface area (Å²) in [7, 11) is 0. The molecule has 1 N–H and O–H groups in total. The van der Waals surface area contributed by atoms with E-state index < -0.39 is 5.97 Å². The minimum absolute atomic E-state index is 0.359. The number of likely N-dealkylation sites (tertiary alicyclic amines) is 1. The second kappa shape index (κ2) is 4.66. The van der Waals surface area contributed by atoms with Crippen molar-refractivity contribution < 1.29 is 9.90 Å². The largest absolute Gasteiger partial charge is 0.478 e. The van der Waals surface area contributed by atoms with E-state index in [1.165, 1.54) is 18.4 Å². The molecule has 86 valence electrons. The van der Waals surface area contributed by atoms with Crippen molar-refractivity contribution in [1.29, 1.82) is 0 Å². The molecule has 1 aromatic carbocycles. The zero-order valence-corrected chi connectivity index (χ0v) is 9.52. The van der Waals surface area contributed by atoms with Crippen LogP contribution in [0.3, 0.4) is 0 Å². The van der Waals surface area contributed by atoms with Gasteiger partial charge in [-0.25, -0.2) is 4.79 Å². The Morgan fingerprint density at radius 2 is 2.12 bits per heavy atom. The Balaban J connectivity index is 2.02. The number of hydrogen-bond acceptors (Lipinski definition) is 2. The van der Waals surface area contributed by atoms with Crippen LogP contribution < -0.4 is 0 Å². The van der Waals surface area contributed by atoms with E-state index in [0.717, 1.165) is 13.1 Å². The van der Waals surface area contributed by atoms with Gasteiger partial charge in [-0.3, -0.25) is 4.90 Å². The highest BCUT2D eigenvalue weighted by molar-refractivity contribution is 5.87. The van der Waals surface area contributed by atoms with E-state index in [-0.39, 0.29) is 0 Å². The molecule has 0 bridgehead atoms. The third-order valence-electron chi connectivity index (χ3n) is 3.28. The third kappa shape index (κ3) is 2.42. The SMILES string of the molecule is CC1CCCN1Cc1ccc(C(=O)O)cc1. The van der Waals surface area contributed by atoms with Crippen LogP contribution in [0, 0.1) is 0 Å². The van der Waals surface area contributed by atoms with Crippen LogP contribution in [0.15, 0.2) is 24.3 Å². The van der Waals surface area contributed by atoms with Crippen LogP contribution in [0.1, 0.15) is 35.7 Å². The summed E-state index contributed by atoms with van der Waals surface area (Å²) in [5.41, 5.74) is 1.55. The first-order valence-corrected chi connectivity index (χ1v) is 5.73. The van der Waals surface area contributed by atoms with Crippen molar-refractivity contribution in [1.82, 2.24) is 4.90 Å². The van der Waals surface area contributed by atoms with Gasteiger partial charge in [-0.15, -0.1) is 0 Å². The second-order valence-corrected chi connectivity index (χ2v) is 4.46. The summed E-state index contributed by atoms with van der Waals surface area (Å²) in [4.78, 5) is 13.1. The second-order valence-electron chi connectivity index (χ2n) is 4.46. The maximum atomic E-state index is 10.7. The first-order valence-electron chi connectivity index (χ1n) is 5.73. The lowest BCUT2D eigenvalue weighted by Crippen LogP contribution is -2.26. The standard InChI is InChI=1S/C13H17NO2/c1-10-3-2-8-14(10)9-11-4-6-12(7-5-11)13(15)16/h4-7,10H,2-3,8-9H2,1H3,(H,15,16). The van der Waals surface area contributed by atoms with Crippen molar-refractivity contribution in [2.24, 2.45) is 0 Å². The first kappa shape index (κ1) is 11.1. The summed E-state index contributed by atoms with van der Waals surface area (Å²) < 4.78 is 0. The Morgan fingerprint density at radius 3 is 2.62 bits per heavy atom. The molecule has 0 spiro atoms. The van der Waals surface area contributed by atoms with Crippen LogP contribution in [0.25, 0.3) is 0 Å². The van der Waals surface area contributed by atoms with Crippen LogP contribution in [0.2, 0.25) is 0 Å². The van der Waals surface area contributed by atoms with Crippen molar-refractivity contribution >= 4 is 5.97 Å². The van der Waals surface area contributed by atoms with E-state index in [1.807, 2.05) is 12.1 Å². The fourth-order valence-electron chi connectivity index (χ4n) is 2.21. The van der Waals surface area contributed by atoms with Crippen LogP contribution in [-0.4, -0.2) is 28.6 Å². The number of carboxylic acids is 1. The first-order chi connectivity index (χ1) is 7.66. The minimum atomic E-state index is -0.860. The van der Waals surface area contributed by atoms with E-state index >= 15 is 0 Å². The lowest BCUT2D eigenvalue weighted by Gasteiger charge is -2.20. The molecule has 0 aromatic heterocycles. The molecular formula is C13H17NO2. The highest BCUT2D eigenvalue weighted by atomic mass is 16.4. The number of carbonyl (C=O) groups is 1. The molecule has 1 aliphatic heterocycles. The highest BCUT2D eigenvalue weighted by Gasteiger charge is 2.19. The summed E-state index contributed by atoms with van der Waals surface area (Å²) >= 11 is 0. The van der Waals surface area contributed by atoms with E-state index in [1.54, 1.807) is 12.1 Å². The summed E-state index contributed by atoms with van der Waals surface area (Å²) in [6.45, 7) is 4.33. The van der Waals surface area contributed by atoms with Gasteiger partial charge in [-0.1, -0.05) is 12.1 Å². The Hall–Kier alpha value is -1.35. The molecule has 0 amide bonds. The minimum Gasteiger partial charge on any atom is -0.478 e. The summed E-state index contributed by atoms with van der Waals surface area (Å²) in [6.07, 6.45) is 2.54. The number of aromatic carboxylic acids is 1. The van der Waals surface area contributed by atoms with Gasteiger partial charge in [0, 0.05) is 12.6 Å². The molecule has 1 atom stereocenters. The molecule has 1 fully saturated rings. The average molecular weight is 219 g/mol. The highest BCUT2D eigenvalue weighted by Crippen LogP contribution is 2.19. The van der Waals surface area contributed by atoms with Crippen molar-refractivity contribution in [2.75, 3.05) is 6.54 Å². The molecule has 1 heterocycles. The smallest absolute Gasteiger partial charge is 0.335 e. The lowest BCUT2D eigenvalue weighted by atomic mass is 10.1. The molecule has 2 rings (SSSR count). The number of carboxylic acid groups (broad SMARTS) is 1. The zero-order valence-electron chi connectivity index (χ0n) is 9.52. The molecule has 1 aromatic rings. The van der Waals surface area contributed by atoms with Crippen molar-refractivity contribution in [3.05, 3.63) is 35.4 Å². The van der Waals surface area contributed by atoms with Gasteiger partial charge in [0.15, 0.2) is 0 Å². The fraction of sp³-hybridized carbons (Fsp3) is 0.462. The average Bonchev–Trinajstić information content (AvgIpc) is 2.65. The van der Waals surface area contributed by atoms with E-state index in [2.05, 4.69) is 11.8 Å². The van der Waals surface area contributed by atoms with Gasteiger partial charge >= 0.3 is 5.97 Å². The van der Waals surface area contributed by atoms with Gasteiger partial charge in [-0.2, -0.15) is 0 Å². The number of hydrogen-bond donors (Lipinski definition) is 1. The van der Waals surface area contributed by atoms with Gasteiger partial charge in [-0.05, 0) is 44.0 Å². The Labute approximate surface area is 95.7 Å². The molecule has 1 aliphatic rings. The maximum Gasteiger partial charge on any atom is 0.335 e. The molecule has 3 nitrogen and oxygen atoms in total. The molecule has 0 aliphatic carbocycles. The Bertz CT molecular complexity index is 372. The normalized spacial score (nSPS) is 21.2. The predicted molar refractivity (Wildman–Crippen MR) is 62.5 cm³/mol. The summed E-state index contributed by atoms with van der Waals surface area (Å²) in [5.74, 6) is -0.860. The molecule has 16 heavy (non-hydrogen) atoms.